The quantitative estimate of drug-likeness (QED) is 0.624. The van der Waals surface area contributed by atoms with E-state index in [2.05, 4.69) is 0 Å². The molecule has 0 rings (SSSR count). The molecule has 9 heavy (non-hydrogen) atoms. The van der Waals surface area contributed by atoms with Crippen molar-refractivity contribution in [1.29, 1.82) is 0 Å². The van der Waals surface area contributed by atoms with E-state index in [0.29, 0.717) is 11.2 Å². The molecule has 6 heteroatoms. The normalized spacial score (nSPS) is 12.4. The Morgan fingerprint density at radius 2 is 2.11 bits per heavy atom. The third-order valence-corrected chi connectivity index (χ3v) is 4.33. The zero-order valence-corrected chi connectivity index (χ0v) is 7.55. The third kappa shape index (κ3) is 2.75. The minimum Gasteiger partial charge on any atom is -0.211 e. The van der Waals surface area contributed by atoms with Crippen LogP contribution in [0.1, 0.15) is 6.92 Å². The summed E-state index contributed by atoms with van der Waals surface area (Å²) in [5, 5.41) is 0. The predicted molar refractivity (Wildman–Crippen MR) is 40.7 cm³/mol. The van der Waals surface area contributed by atoms with Gasteiger partial charge in [-0.3, -0.25) is 0 Å². The summed E-state index contributed by atoms with van der Waals surface area (Å²) in [5.41, 5.74) is 0. The Hall–Kier alpha value is 0.550. The van der Waals surface area contributed by atoms with Crippen LogP contribution in [0.25, 0.3) is 0 Å². The maximum absolute atomic E-state index is 10.8. The minimum absolute atomic E-state index is 0.0865. The third-order valence-electron chi connectivity index (χ3n) is 0.854. The molecular weight excluding hydrogens is 182 g/mol. The standard InChI is InChI=1S/C3H8ClNO2S2/c1-3-9(6,7)5(2)8-4/h3H2,1-2H3. The highest BCUT2D eigenvalue weighted by Gasteiger charge is 2.13. The Balaban J connectivity index is 4.17. The lowest BCUT2D eigenvalue weighted by Gasteiger charge is -2.08. The highest BCUT2D eigenvalue weighted by atomic mass is 35.7. The fourth-order valence-electron chi connectivity index (χ4n) is 0.225. The summed E-state index contributed by atoms with van der Waals surface area (Å²) in [4.78, 5) is 0. The van der Waals surface area contributed by atoms with E-state index in [1.807, 2.05) is 0 Å². The van der Waals surface area contributed by atoms with Crippen LogP contribution in [0.15, 0.2) is 0 Å². The van der Waals surface area contributed by atoms with Crippen LogP contribution in [0, 0.1) is 0 Å². The zero-order chi connectivity index (χ0) is 7.49. The lowest BCUT2D eigenvalue weighted by molar-refractivity contribution is 0.567. The lowest BCUT2D eigenvalue weighted by Crippen LogP contribution is -2.20. The van der Waals surface area contributed by atoms with Gasteiger partial charge in [0, 0.05) is 18.2 Å². The molecule has 0 heterocycles. The van der Waals surface area contributed by atoms with E-state index in [4.69, 9.17) is 10.7 Å². The van der Waals surface area contributed by atoms with E-state index in [0.717, 1.165) is 3.71 Å². The largest absolute Gasteiger partial charge is 0.223 e. The summed E-state index contributed by atoms with van der Waals surface area (Å²) in [6.07, 6.45) is 0. The van der Waals surface area contributed by atoms with Gasteiger partial charge < -0.3 is 0 Å². The second-order valence-electron chi connectivity index (χ2n) is 1.38. The van der Waals surface area contributed by atoms with Gasteiger partial charge in [0.15, 0.2) is 0 Å². The van der Waals surface area contributed by atoms with Crippen molar-refractivity contribution >= 4 is 31.9 Å². The number of sulfonamides is 1. The first-order valence-electron chi connectivity index (χ1n) is 2.30. The van der Waals surface area contributed by atoms with Gasteiger partial charge in [0.2, 0.25) is 10.0 Å². The summed E-state index contributed by atoms with van der Waals surface area (Å²) in [6, 6.07) is 0. The molecule has 0 fully saturated rings. The average Bonchev–Trinajstić information content (AvgIpc) is 1.86. The molecule has 0 spiro atoms. The highest BCUT2D eigenvalue weighted by Crippen LogP contribution is 2.16. The average molecular weight is 190 g/mol. The van der Waals surface area contributed by atoms with Crippen molar-refractivity contribution in [3.63, 3.8) is 0 Å². The van der Waals surface area contributed by atoms with Gasteiger partial charge in [0.1, 0.15) is 0 Å². The zero-order valence-electron chi connectivity index (χ0n) is 5.17. The molecular formula is C3H8ClNO2S2. The maximum Gasteiger partial charge on any atom is 0.223 e. The second-order valence-corrected chi connectivity index (χ2v) is 5.00. The molecule has 0 saturated heterocycles. The van der Waals surface area contributed by atoms with Gasteiger partial charge in [0.05, 0.1) is 5.75 Å². The van der Waals surface area contributed by atoms with Crippen molar-refractivity contribution in [2.75, 3.05) is 12.8 Å². The Morgan fingerprint density at radius 3 is 2.22 bits per heavy atom. The first-order chi connectivity index (χ1) is 4.04. The number of rotatable bonds is 3. The van der Waals surface area contributed by atoms with Crippen molar-refractivity contribution in [2.45, 2.75) is 6.92 Å². The van der Waals surface area contributed by atoms with Crippen LogP contribution in [-0.4, -0.2) is 24.9 Å². The Bertz CT molecular complexity index is 167. The van der Waals surface area contributed by atoms with Crippen LogP contribution in [-0.2, 0) is 10.0 Å². The molecule has 0 aromatic heterocycles. The number of halogens is 1. The van der Waals surface area contributed by atoms with Crippen LogP contribution in [0.2, 0.25) is 0 Å². The Kier molecular flexibility index (Phi) is 3.88. The van der Waals surface area contributed by atoms with Gasteiger partial charge in [-0.25, -0.2) is 8.42 Å². The minimum atomic E-state index is -3.08. The van der Waals surface area contributed by atoms with E-state index in [1.54, 1.807) is 6.92 Å². The lowest BCUT2D eigenvalue weighted by atomic mass is 11.0. The van der Waals surface area contributed by atoms with Crippen LogP contribution in [0.4, 0.5) is 0 Å². The number of nitrogens with zero attached hydrogens (tertiary/aromatic N) is 1. The molecule has 0 saturated carbocycles. The van der Waals surface area contributed by atoms with Crippen LogP contribution in [0.5, 0.6) is 0 Å². The van der Waals surface area contributed by atoms with Crippen molar-refractivity contribution in [1.82, 2.24) is 3.71 Å². The molecule has 0 aliphatic heterocycles. The topological polar surface area (TPSA) is 37.4 Å². The van der Waals surface area contributed by atoms with Gasteiger partial charge in [-0.1, -0.05) is 0 Å². The van der Waals surface area contributed by atoms with E-state index in [1.165, 1.54) is 7.05 Å². The van der Waals surface area contributed by atoms with Crippen molar-refractivity contribution < 1.29 is 8.42 Å². The monoisotopic (exact) mass is 189 g/mol. The first kappa shape index (κ1) is 9.55. The molecule has 3 nitrogen and oxygen atoms in total. The second kappa shape index (κ2) is 3.65. The van der Waals surface area contributed by atoms with Gasteiger partial charge in [-0.15, -0.1) is 3.71 Å². The molecule has 0 aromatic carbocycles. The molecule has 0 aromatic rings. The van der Waals surface area contributed by atoms with E-state index < -0.39 is 10.0 Å². The van der Waals surface area contributed by atoms with Gasteiger partial charge >= 0.3 is 0 Å². The molecule has 56 valence electrons. The SMILES string of the molecule is CCS(=O)(=O)N(C)SCl. The summed E-state index contributed by atoms with van der Waals surface area (Å²) < 4.78 is 22.5. The fourth-order valence-corrected chi connectivity index (χ4v) is 2.02. The molecule has 0 N–H and O–H groups in total. The molecule has 0 amide bonds. The number of hydrogen-bond donors (Lipinski definition) is 0. The van der Waals surface area contributed by atoms with Crippen molar-refractivity contribution in [2.24, 2.45) is 0 Å². The summed E-state index contributed by atoms with van der Waals surface area (Å²) in [6.45, 7) is 1.57. The van der Waals surface area contributed by atoms with Gasteiger partial charge in [-0.2, -0.15) is 0 Å². The van der Waals surface area contributed by atoms with Gasteiger partial charge in [0.25, 0.3) is 0 Å². The van der Waals surface area contributed by atoms with E-state index >= 15 is 0 Å². The van der Waals surface area contributed by atoms with Gasteiger partial charge in [-0.05, 0) is 17.6 Å². The molecule has 0 aliphatic carbocycles. The Morgan fingerprint density at radius 1 is 1.67 bits per heavy atom. The van der Waals surface area contributed by atoms with Crippen LogP contribution < -0.4 is 0 Å². The smallest absolute Gasteiger partial charge is 0.211 e. The summed E-state index contributed by atoms with van der Waals surface area (Å²) in [7, 11) is 3.51. The van der Waals surface area contributed by atoms with Crippen molar-refractivity contribution in [3.8, 4) is 0 Å². The predicted octanol–water partition coefficient (Wildman–Crippen LogP) is 1.07. The first-order valence-corrected chi connectivity index (χ1v) is 5.50. The molecule has 0 aliphatic rings. The van der Waals surface area contributed by atoms with E-state index in [9.17, 15) is 8.42 Å². The highest BCUT2D eigenvalue weighted by molar-refractivity contribution is 8.24. The molecule has 0 radical (unpaired) electrons. The summed E-state index contributed by atoms with van der Waals surface area (Å²) >= 11 is 0.674. The van der Waals surface area contributed by atoms with E-state index in [-0.39, 0.29) is 5.75 Å². The number of hydrogen-bond acceptors (Lipinski definition) is 3. The Labute approximate surface area is 64.1 Å². The molecule has 0 unspecified atom stereocenters. The van der Waals surface area contributed by atoms with Crippen molar-refractivity contribution in [3.05, 3.63) is 0 Å². The summed E-state index contributed by atoms with van der Waals surface area (Å²) in [5.74, 6) is 0.0865. The van der Waals surface area contributed by atoms with Crippen LogP contribution in [0.3, 0.4) is 0 Å². The molecule has 0 bridgehead atoms. The maximum atomic E-state index is 10.8. The van der Waals surface area contributed by atoms with Crippen LogP contribution >= 0.6 is 21.8 Å². The fraction of sp³-hybridized carbons (Fsp3) is 1.00. The molecule has 0 atom stereocenters.